The van der Waals surface area contributed by atoms with Crippen LogP contribution >= 0.6 is 0 Å². The summed E-state index contributed by atoms with van der Waals surface area (Å²) in [5.74, 6) is -7.54. The minimum atomic E-state index is -1.71. The number of hydrogen-bond donors (Lipinski definition) is 2. The standard InChI is InChI=1S/C34H20N6O6/c41-27-21-15-23-24(30(44)26(29(23)43)34(46)40-20-8-2-6-18(14-20)32-37-11-4-12-38-32)16-22(21)28(42)25(27)33(45)39-19-7-1-5-17(13-19)31-35-9-3-10-36-31/h1-16,25-26H,(H,39,45)(H,40,46). The maximum absolute atomic E-state index is 13.3. The smallest absolute Gasteiger partial charge is 0.243 e. The van der Waals surface area contributed by atoms with Gasteiger partial charge in [-0.2, -0.15) is 0 Å². The molecule has 2 aliphatic rings. The van der Waals surface area contributed by atoms with Crippen molar-refractivity contribution in [2.75, 3.05) is 10.6 Å². The molecule has 12 nitrogen and oxygen atoms in total. The first-order valence-electron chi connectivity index (χ1n) is 14.0. The first-order valence-corrected chi connectivity index (χ1v) is 14.0. The van der Waals surface area contributed by atoms with E-state index in [1.807, 2.05) is 0 Å². The molecule has 0 spiro atoms. The Morgan fingerprint density at radius 3 is 1.17 bits per heavy atom. The molecule has 3 aromatic carbocycles. The number of nitrogens with one attached hydrogen (secondary N) is 2. The topological polar surface area (TPSA) is 178 Å². The lowest BCUT2D eigenvalue weighted by atomic mass is 10.0. The number of benzene rings is 3. The second kappa shape index (κ2) is 11.2. The summed E-state index contributed by atoms with van der Waals surface area (Å²) < 4.78 is 0. The van der Waals surface area contributed by atoms with Gasteiger partial charge in [0.15, 0.2) is 46.6 Å². The Balaban J connectivity index is 1.09. The molecule has 2 aromatic heterocycles. The van der Waals surface area contributed by atoms with Crippen LogP contribution in [0.2, 0.25) is 0 Å². The molecule has 46 heavy (non-hydrogen) atoms. The van der Waals surface area contributed by atoms with Crippen molar-refractivity contribution in [1.82, 2.24) is 19.9 Å². The molecule has 0 saturated heterocycles. The molecule has 0 unspecified atom stereocenters. The van der Waals surface area contributed by atoms with E-state index in [1.165, 1.54) is 0 Å². The average Bonchev–Trinajstić information content (AvgIpc) is 3.48. The summed E-state index contributed by atoms with van der Waals surface area (Å²) >= 11 is 0. The van der Waals surface area contributed by atoms with Gasteiger partial charge in [-0.15, -0.1) is 0 Å². The van der Waals surface area contributed by atoms with Crippen molar-refractivity contribution < 1.29 is 28.8 Å². The number of anilines is 2. The molecule has 5 aromatic rings. The van der Waals surface area contributed by atoms with Crippen LogP contribution in [0.3, 0.4) is 0 Å². The highest BCUT2D eigenvalue weighted by Gasteiger charge is 2.49. The number of hydrogen-bond acceptors (Lipinski definition) is 10. The molecule has 0 radical (unpaired) electrons. The summed E-state index contributed by atoms with van der Waals surface area (Å²) in [4.78, 5) is 96.4. The third-order valence-corrected chi connectivity index (χ3v) is 7.70. The van der Waals surface area contributed by atoms with Crippen LogP contribution in [-0.4, -0.2) is 54.9 Å². The Morgan fingerprint density at radius 1 is 0.478 bits per heavy atom. The molecule has 222 valence electrons. The number of carbonyl (C=O) groups is 6. The normalized spacial score (nSPS) is 14.3. The molecular formula is C34H20N6O6. The van der Waals surface area contributed by atoms with Crippen molar-refractivity contribution in [3.8, 4) is 22.8 Å². The molecule has 0 atom stereocenters. The van der Waals surface area contributed by atoms with Gasteiger partial charge in [0.25, 0.3) is 0 Å². The van der Waals surface area contributed by atoms with Crippen molar-refractivity contribution in [1.29, 1.82) is 0 Å². The number of nitrogens with zero attached hydrogens (tertiary/aromatic N) is 4. The quantitative estimate of drug-likeness (QED) is 0.269. The third-order valence-electron chi connectivity index (χ3n) is 7.70. The highest BCUT2D eigenvalue weighted by molar-refractivity contribution is 6.40. The second-order valence-electron chi connectivity index (χ2n) is 10.6. The van der Waals surface area contributed by atoms with Crippen molar-refractivity contribution in [2.24, 2.45) is 11.8 Å². The third kappa shape index (κ3) is 4.83. The lowest BCUT2D eigenvalue weighted by Gasteiger charge is -2.10. The minimum Gasteiger partial charge on any atom is -0.325 e. The van der Waals surface area contributed by atoms with Gasteiger partial charge in [0.1, 0.15) is 0 Å². The van der Waals surface area contributed by atoms with E-state index in [4.69, 9.17) is 0 Å². The van der Waals surface area contributed by atoms with Crippen molar-refractivity contribution in [2.45, 2.75) is 0 Å². The number of rotatable bonds is 6. The number of carbonyl (C=O) groups excluding carboxylic acids is 6. The van der Waals surface area contributed by atoms with Gasteiger partial charge < -0.3 is 10.6 Å². The fourth-order valence-corrected chi connectivity index (χ4v) is 5.55. The number of amides is 2. The Morgan fingerprint density at radius 2 is 0.826 bits per heavy atom. The zero-order valence-electron chi connectivity index (χ0n) is 23.6. The van der Waals surface area contributed by atoms with E-state index in [2.05, 4.69) is 30.6 Å². The van der Waals surface area contributed by atoms with Gasteiger partial charge in [-0.1, -0.05) is 24.3 Å². The molecule has 0 saturated carbocycles. The molecule has 7 rings (SSSR count). The van der Waals surface area contributed by atoms with Crippen molar-refractivity contribution >= 4 is 46.3 Å². The molecule has 0 fully saturated rings. The van der Waals surface area contributed by atoms with Gasteiger partial charge in [0.05, 0.1) is 0 Å². The van der Waals surface area contributed by atoms with E-state index in [-0.39, 0.29) is 22.3 Å². The number of Topliss-reactive ketones (excluding diaryl/α,β-unsaturated/α-hetero) is 4. The average molecular weight is 609 g/mol. The van der Waals surface area contributed by atoms with Crippen LogP contribution < -0.4 is 10.6 Å². The molecule has 0 aliphatic heterocycles. The molecule has 2 amide bonds. The zero-order valence-corrected chi connectivity index (χ0v) is 23.6. The largest absolute Gasteiger partial charge is 0.325 e. The SMILES string of the molecule is O=C(Nc1cccc(-c2ncccn2)c1)C1C(=O)c2cc3c(cc2C1=O)C(=O)C(C(=O)Nc1cccc(-c2ncccn2)c1)C3=O. The lowest BCUT2D eigenvalue weighted by Crippen LogP contribution is -2.31. The summed E-state index contributed by atoms with van der Waals surface area (Å²) in [5, 5.41) is 5.19. The first-order chi connectivity index (χ1) is 22.3. The maximum Gasteiger partial charge on any atom is 0.243 e. The zero-order chi connectivity index (χ0) is 31.9. The Labute approximate surface area is 260 Å². The summed E-state index contributed by atoms with van der Waals surface area (Å²) in [6, 6.07) is 18.8. The van der Waals surface area contributed by atoms with Crippen LogP contribution in [0.15, 0.2) is 97.6 Å². The minimum absolute atomic E-state index is 0.159. The summed E-state index contributed by atoms with van der Waals surface area (Å²) in [6.45, 7) is 0. The molecule has 12 heteroatoms. The van der Waals surface area contributed by atoms with Gasteiger partial charge in [0.2, 0.25) is 11.8 Å². The van der Waals surface area contributed by atoms with Gasteiger partial charge in [-0.3, -0.25) is 28.8 Å². The lowest BCUT2D eigenvalue weighted by molar-refractivity contribution is -0.118. The summed E-state index contributed by atoms with van der Waals surface area (Å²) in [7, 11) is 0. The first kappa shape index (κ1) is 28.2. The molecule has 2 heterocycles. The summed E-state index contributed by atoms with van der Waals surface area (Å²) in [5.41, 5.74) is 1.21. The van der Waals surface area contributed by atoms with Crippen LogP contribution in [0.25, 0.3) is 22.8 Å². The van der Waals surface area contributed by atoms with Crippen molar-refractivity contribution in [3.63, 3.8) is 0 Å². The fraction of sp³-hybridized carbons (Fsp3) is 0.0588. The van der Waals surface area contributed by atoms with Crippen LogP contribution in [0, 0.1) is 11.8 Å². The van der Waals surface area contributed by atoms with E-state index in [0.29, 0.717) is 34.2 Å². The Hall–Kier alpha value is -6.56. The monoisotopic (exact) mass is 608 g/mol. The van der Waals surface area contributed by atoms with Crippen molar-refractivity contribution in [3.05, 3.63) is 120 Å². The van der Waals surface area contributed by atoms with Gasteiger partial charge in [-0.05, 0) is 48.5 Å². The van der Waals surface area contributed by atoms with Crippen LogP contribution in [0.1, 0.15) is 41.4 Å². The molecular weight excluding hydrogens is 588 g/mol. The highest BCUT2D eigenvalue weighted by atomic mass is 16.2. The Kier molecular flexibility index (Phi) is 6.86. The maximum atomic E-state index is 13.3. The summed E-state index contributed by atoms with van der Waals surface area (Å²) in [6.07, 6.45) is 6.29. The van der Waals surface area contributed by atoms with Crippen LogP contribution in [-0.2, 0) is 9.59 Å². The van der Waals surface area contributed by atoms with Gasteiger partial charge >= 0.3 is 0 Å². The van der Waals surface area contributed by atoms with Crippen LogP contribution in [0.4, 0.5) is 11.4 Å². The highest BCUT2D eigenvalue weighted by Crippen LogP contribution is 2.36. The fourth-order valence-electron chi connectivity index (χ4n) is 5.55. The van der Waals surface area contributed by atoms with E-state index in [0.717, 1.165) is 12.1 Å². The van der Waals surface area contributed by atoms with Gasteiger partial charge in [-0.25, -0.2) is 19.9 Å². The molecule has 2 aliphatic carbocycles. The van der Waals surface area contributed by atoms with E-state index < -0.39 is 46.8 Å². The van der Waals surface area contributed by atoms with E-state index >= 15 is 0 Å². The van der Waals surface area contributed by atoms with E-state index in [1.54, 1.807) is 85.5 Å². The number of ketones is 4. The second-order valence-corrected chi connectivity index (χ2v) is 10.6. The number of aromatic nitrogens is 4. The van der Waals surface area contributed by atoms with Crippen LogP contribution in [0.5, 0.6) is 0 Å². The predicted molar refractivity (Wildman–Crippen MR) is 163 cm³/mol. The predicted octanol–water partition coefficient (Wildman–Crippen LogP) is 3.87. The molecule has 2 N–H and O–H groups in total. The molecule has 0 bridgehead atoms. The Bertz CT molecular complexity index is 1930. The van der Waals surface area contributed by atoms with E-state index in [9.17, 15) is 28.8 Å². The van der Waals surface area contributed by atoms with Gasteiger partial charge in [0, 0.05) is 69.5 Å². The number of fused-ring (bicyclic) bond motifs is 2.